The van der Waals surface area contributed by atoms with Crippen LogP contribution < -0.4 is 0 Å². The summed E-state index contributed by atoms with van der Waals surface area (Å²) in [7, 11) is 0. The number of carboxylic acids is 1. The summed E-state index contributed by atoms with van der Waals surface area (Å²) in [5, 5.41) is 18.2. The van der Waals surface area contributed by atoms with Crippen molar-refractivity contribution in [1.82, 2.24) is 4.90 Å². The van der Waals surface area contributed by atoms with Gasteiger partial charge in [0, 0.05) is 18.6 Å². The number of aliphatic carboxylic acids is 1. The Morgan fingerprint density at radius 2 is 1.86 bits per heavy atom. The lowest BCUT2D eigenvalue weighted by molar-refractivity contribution is -0.137. The molecule has 0 radical (unpaired) electrons. The maximum atomic E-state index is 10.5. The van der Waals surface area contributed by atoms with Gasteiger partial charge in [-0.1, -0.05) is 0 Å². The molecule has 2 fully saturated rings. The Bertz CT molecular complexity index is 217. The molecule has 2 bridgehead atoms. The largest absolute Gasteiger partial charge is 0.481 e. The summed E-state index contributed by atoms with van der Waals surface area (Å²) in [6, 6.07) is 0.867. The van der Waals surface area contributed by atoms with Crippen molar-refractivity contribution < 1.29 is 15.0 Å². The maximum absolute atomic E-state index is 10.5. The van der Waals surface area contributed by atoms with E-state index in [0.29, 0.717) is 18.6 Å². The highest BCUT2D eigenvalue weighted by atomic mass is 16.4. The van der Waals surface area contributed by atoms with Gasteiger partial charge < -0.3 is 10.2 Å². The summed E-state index contributed by atoms with van der Waals surface area (Å²) in [5.41, 5.74) is 0. The van der Waals surface area contributed by atoms with Crippen LogP contribution in [0.25, 0.3) is 0 Å². The third-order valence-electron chi connectivity index (χ3n) is 3.44. The van der Waals surface area contributed by atoms with Gasteiger partial charge in [-0.15, -0.1) is 0 Å². The van der Waals surface area contributed by atoms with E-state index in [1.807, 2.05) is 0 Å². The van der Waals surface area contributed by atoms with E-state index in [4.69, 9.17) is 5.11 Å². The second-order valence-electron chi connectivity index (χ2n) is 4.39. The minimum absolute atomic E-state index is 0.159. The van der Waals surface area contributed by atoms with Gasteiger partial charge in [0.25, 0.3) is 0 Å². The number of hydrogen-bond donors (Lipinski definition) is 2. The highest BCUT2D eigenvalue weighted by Gasteiger charge is 2.39. The van der Waals surface area contributed by atoms with Gasteiger partial charge in [0.2, 0.25) is 0 Å². The van der Waals surface area contributed by atoms with Crippen molar-refractivity contribution in [2.24, 2.45) is 0 Å². The number of fused-ring (bicyclic) bond motifs is 2. The van der Waals surface area contributed by atoms with Crippen molar-refractivity contribution in [2.45, 2.75) is 50.3 Å². The van der Waals surface area contributed by atoms with Gasteiger partial charge in [0.05, 0.1) is 12.5 Å². The molecular formula is C10H17NO3. The molecule has 80 valence electrons. The first-order chi connectivity index (χ1) is 6.66. The fraction of sp³-hybridized carbons (Fsp3) is 0.900. The fourth-order valence-corrected chi connectivity index (χ4v) is 2.84. The Kier molecular flexibility index (Phi) is 2.74. The van der Waals surface area contributed by atoms with Crippen LogP contribution in [-0.2, 0) is 4.79 Å². The highest BCUT2D eigenvalue weighted by Crippen LogP contribution is 2.35. The van der Waals surface area contributed by atoms with E-state index < -0.39 is 5.97 Å². The molecule has 2 unspecified atom stereocenters. The Labute approximate surface area is 83.5 Å². The van der Waals surface area contributed by atoms with Gasteiger partial charge in [-0.3, -0.25) is 9.69 Å². The summed E-state index contributed by atoms with van der Waals surface area (Å²) < 4.78 is 0. The SMILES string of the molecule is O=C(O)CCN1C2CCC1CC(O)C2. The molecule has 2 aliphatic heterocycles. The Morgan fingerprint density at radius 3 is 2.36 bits per heavy atom. The molecule has 0 saturated carbocycles. The fourth-order valence-electron chi connectivity index (χ4n) is 2.84. The molecule has 2 saturated heterocycles. The molecule has 4 heteroatoms. The molecule has 2 N–H and O–H groups in total. The van der Waals surface area contributed by atoms with Crippen LogP contribution in [0.3, 0.4) is 0 Å². The molecule has 2 rings (SSSR count). The number of aliphatic hydroxyl groups is 1. The van der Waals surface area contributed by atoms with Gasteiger partial charge in [-0.05, 0) is 25.7 Å². The molecule has 2 heterocycles. The second-order valence-corrected chi connectivity index (χ2v) is 4.39. The summed E-state index contributed by atoms with van der Waals surface area (Å²) >= 11 is 0. The van der Waals surface area contributed by atoms with E-state index in [9.17, 15) is 9.90 Å². The average Bonchev–Trinajstić information content (AvgIpc) is 2.34. The normalized spacial score (nSPS) is 37.4. The minimum atomic E-state index is -0.726. The van der Waals surface area contributed by atoms with E-state index in [0.717, 1.165) is 25.7 Å². The first kappa shape index (κ1) is 9.93. The Morgan fingerprint density at radius 1 is 1.29 bits per heavy atom. The lowest BCUT2D eigenvalue weighted by atomic mass is 10.00. The van der Waals surface area contributed by atoms with Crippen LogP contribution in [0.15, 0.2) is 0 Å². The highest BCUT2D eigenvalue weighted by molar-refractivity contribution is 5.66. The van der Waals surface area contributed by atoms with E-state index >= 15 is 0 Å². The van der Waals surface area contributed by atoms with Crippen molar-refractivity contribution in [3.63, 3.8) is 0 Å². The molecule has 0 aromatic rings. The zero-order valence-corrected chi connectivity index (χ0v) is 8.22. The molecule has 0 aromatic carbocycles. The van der Waals surface area contributed by atoms with Crippen LogP contribution in [0.1, 0.15) is 32.1 Å². The van der Waals surface area contributed by atoms with Crippen molar-refractivity contribution >= 4 is 5.97 Å². The Balaban J connectivity index is 1.90. The van der Waals surface area contributed by atoms with Crippen LogP contribution >= 0.6 is 0 Å². The quantitative estimate of drug-likeness (QED) is 0.692. The first-order valence-electron chi connectivity index (χ1n) is 5.32. The number of piperidine rings is 1. The van der Waals surface area contributed by atoms with Crippen LogP contribution in [0.2, 0.25) is 0 Å². The third kappa shape index (κ3) is 1.91. The molecule has 4 nitrogen and oxygen atoms in total. The standard InChI is InChI=1S/C10H17NO3/c12-9-5-7-1-2-8(6-9)11(7)4-3-10(13)14/h7-9,12H,1-6H2,(H,13,14). The number of carbonyl (C=O) groups is 1. The zero-order valence-electron chi connectivity index (χ0n) is 8.22. The predicted molar refractivity (Wildman–Crippen MR) is 51.0 cm³/mol. The lowest BCUT2D eigenvalue weighted by Crippen LogP contribution is -2.45. The van der Waals surface area contributed by atoms with Crippen LogP contribution in [0.5, 0.6) is 0 Å². The Hall–Kier alpha value is -0.610. The van der Waals surface area contributed by atoms with Gasteiger partial charge in [0.1, 0.15) is 0 Å². The summed E-state index contributed by atoms with van der Waals surface area (Å²) in [6.45, 7) is 0.650. The van der Waals surface area contributed by atoms with Gasteiger partial charge >= 0.3 is 5.97 Å². The average molecular weight is 199 g/mol. The van der Waals surface area contributed by atoms with Crippen molar-refractivity contribution in [1.29, 1.82) is 0 Å². The smallest absolute Gasteiger partial charge is 0.304 e. The molecule has 2 atom stereocenters. The topological polar surface area (TPSA) is 60.8 Å². The van der Waals surface area contributed by atoms with Crippen LogP contribution in [-0.4, -0.2) is 45.8 Å². The van der Waals surface area contributed by atoms with Crippen LogP contribution in [0.4, 0.5) is 0 Å². The van der Waals surface area contributed by atoms with Crippen molar-refractivity contribution in [2.75, 3.05) is 6.54 Å². The monoisotopic (exact) mass is 199 g/mol. The lowest BCUT2D eigenvalue weighted by Gasteiger charge is -2.36. The summed E-state index contributed by atoms with van der Waals surface area (Å²) in [5.74, 6) is -0.726. The third-order valence-corrected chi connectivity index (χ3v) is 3.44. The number of nitrogens with zero attached hydrogens (tertiary/aromatic N) is 1. The first-order valence-corrected chi connectivity index (χ1v) is 5.32. The molecule has 2 aliphatic rings. The molecule has 0 aromatic heterocycles. The van der Waals surface area contributed by atoms with Crippen LogP contribution in [0, 0.1) is 0 Å². The zero-order chi connectivity index (χ0) is 10.1. The number of aliphatic hydroxyl groups excluding tert-OH is 1. The number of carboxylic acid groups (broad SMARTS) is 1. The minimum Gasteiger partial charge on any atom is -0.481 e. The second kappa shape index (κ2) is 3.87. The summed E-state index contributed by atoms with van der Waals surface area (Å²) in [6.07, 6.45) is 3.98. The van der Waals surface area contributed by atoms with E-state index in [-0.39, 0.29) is 12.5 Å². The molecular weight excluding hydrogens is 182 g/mol. The van der Waals surface area contributed by atoms with E-state index in [1.165, 1.54) is 0 Å². The van der Waals surface area contributed by atoms with E-state index in [1.54, 1.807) is 0 Å². The molecule has 14 heavy (non-hydrogen) atoms. The number of rotatable bonds is 3. The molecule has 0 spiro atoms. The van der Waals surface area contributed by atoms with Gasteiger partial charge in [-0.25, -0.2) is 0 Å². The molecule has 0 amide bonds. The van der Waals surface area contributed by atoms with Gasteiger partial charge in [-0.2, -0.15) is 0 Å². The van der Waals surface area contributed by atoms with E-state index in [2.05, 4.69) is 4.90 Å². The number of hydrogen-bond acceptors (Lipinski definition) is 3. The van der Waals surface area contributed by atoms with Crippen molar-refractivity contribution in [3.8, 4) is 0 Å². The predicted octanol–water partition coefficient (Wildman–Crippen LogP) is 0.449. The summed E-state index contributed by atoms with van der Waals surface area (Å²) in [4.78, 5) is 12.7. The van der Waals surface area contributed by atoms with Crippen molar-refractivity contribution in [3.05, 3.63) is 0 Å². The van der Waals surface area contributed by atoms with Gasteiger partial charge in [0.15, 0.2) is 0 Å². The molecule has 0 aliphatic carbocycles. The maximum Gasteiger partial charge on any atom is 0.304 e.